The van der Waals surface area contributed by atoms with E-state index in [2.05, 4.69) is 41.9 Å². The van der Waals surface area contributed by atoms with Crippen LogP contribution in [0.15, 0.2) is 6.07 Å². The fraction of sp³-hybridized carbons (Fsp3) is 0.600. The number of aryl methyl sites for hydroxylation is 2. The molecule has 0 saturated carbocycles. The average molecular weight is 258 g/mol. The van der Waals surface area contributed by atoms with Gasteiger partial charge >= 0.3 is 0 Å². The van der Waals surface area contributed by atoms with Gasteiger partial charge in [0.25, 0.3) is 0 Å². The summed E-state index contributed by atoms with van der Waals surface area (Å²) in [5, 5.41) is 9.36. The zero-order valence-corrected chi connectivity index (χ0v) is 12.4. The summed E-state index contributed by atoms with van der Waals surface area (Å²) < 4.78 is 0. The molecular formula is C15H22N4. The molecule has 2 atom stereocenters. The third kappa shape index (κ3) is 2.57. The Balaban J connectivity index is 2.37. The Morgan fingerprint density at radius 3 is 2.58 bits per heavy atom. The summed E-state index contributed by atoms with van der Waals surface area (Å²) in [6, 6.07) is 4.81. The number of anilines is 1. The third-order valence-electron chi connectivity index (χ3n) is 3.97. The lowest BCUT2D eigenvalue weighted by atomic mass is 10.1. The molecule has 1 saturated heterocycles. The fourth-order valence-electron chi connectivity index (χ4n) is 2.98. The normalized spacial score (nSPS) is 22.9. The van der Waals surface area contributed by atoms with Crippen LogP contribution in [0, 0.1) is 31.1 Å². The van der Waals surface area contributed by atoms with Gasteiger partial charge in [0.2, 0.25) is 0 Å². The number of hydrogen-bond donors (Lipinski definition) is 0. The van der Waals surface area contributed by atoms with Crippen molar-refractivity contribution in [3.63, 3.8) is 0 Å². The summed E-state index contributed by atoms with van der Waals surface area (Å²) in [4.78, 5) is 9.12. The molecule has 0 N–H and O–H groups in total. The minimum absolute atomic E-state index is 0.522. The molecule has 0 bridgehead atoms. The van der Waals surface area contributed by atoms with E-state index in [-0.39, 0.29) is 0 Å². The molecule has 19 heavy (non-hydrogen) atoms. The Bertz CT molecular complexity index is 516. The Morgan fingerprint density at radius 1 is 1.37 bits per heavy atom. The first kappa shape index (κ1) is 13.8. The van der Waals surface area contributed by atoms with Gasteiger partial charge in [-0.2, -0.15) is 5.26 Å². The van der Waals surface area contributed by atoms with Crippen LogP contribution in [-0.4, -0.2) is 43.1 Å². The average Bonchev–Trinajstić information content (AvgIpc) is 2.70. The summed E-state index contributed by atoms with van der Waals surface area (Å²) >= 11 is 0. The summed E-state index contributed by atoms with van der Waals surface area (Å²) in [5.74, 6) is 1.44. The molecule has 1 aliphatic rings. The molecule has 0 amide bonds. The van der Waals surface area contributed by atoms with Crippen molar-refractivity contribution in [1.82, 2.24) is 9.88 Å². The minimum atomic E-state index is 0.522. The van der Waals surface area contributed by atoms with E-state index in [9.17, 15) is 5.26 Å². The quantitative estimate of drug-likeness (QED) is 0.813. The highest BCUT2D eigenvalue weighted by atomic mass is 15.3. The van der Waals surface area contributed by atoms with Crippen LogP contribution in [0.4, 0.5) is 5.82 Å². The van der Waals surface area contributed by atoms with Gasteiger partial charge in [0, 0.05) is 24.8 Å². The van der Waals surface area contributed by atoms with Crippen molar-refractivity contribution >= 4 is 5.82 Å². The first-order valence-corrected chi connectivity index (χ1v) is 6.73. The second-order valence-corrected chi connectivity index (χ2v) is 5.80. The Morgan fingerprint density at radius 2 is 2.05 bits per heavy atom. The van der Waals surface area contributed by atoms with Crippen LogP contribution < -0.4 is 4.90 Å². The zero-order chi connectivity index (χ0) is 14.2. The molecule has 2 rings (SSSR count). The van der Waals surface area contributed by atoms with Crippen LogP contribution in [0.2, 0.25) is 0 Å². The van der Waals surface area contributed by atoms with E-state index in [1.54, 1.807) is 0 Å². The largest absolute Gasteiger partial charge is 0.354 e. The monoisotopic (exact) mass is 258 g/mol. The van der Waals surface area contributed by atoms with E-state index in [1.165, 1.54) is 0 Å². The number of pyridine rings is 1. The topological polar surface area (TPSA) is 43.2 Å². The lowest BCUT2D eigenvalue weighted by Crippen LogP contribution is -2.34. The maximum atomic E-state index is 9.36. The summed E-state index contributed by atoms with van der Waals surface area (Å²) in [6.45, 7) is 8.14. The number of nitriles is 1. The molecule has 0 aliphatic carbocycles. The lowest BCUT2D eigenvalue weighted by molar-refractivity contribution is 0.266. The predicted octanol–water partition coefficient (Wildman–Crippen LogP) is 1.96. The standard InChI is InChI=1S/C15H22N4/c1-10-6-12(3)17-15(13(10)7-16)19-8-11(2)14(9-19)18(4)5/h6,11,14H,8-9H2,1-5H3. The van der Waals surface area contributed by atoms with Crippen molar-refractivity contribution in [3.05, 3.63) is 22.9 Å². The van der Waals surface area contributed by atoms with Gasteiger partial charge in [-0.25, -0.2) is 4.98 Å². The SMILES string of the molecule is Cc1cc(C)c(C#N)c(N2CC(C)C(N(C)C)C2)n1. The highest BCUT2D eigenvalue weighted by Gasteiger charge is 2.33. The highest BCUT2D eigenvalue weighted by Crippen LogP contribution is 2.28. The van der Waals surface area contributed by atoms with E-state index < -0.39 is 0 Å². The first-order chi connectivity index (χ1) is 8.93. The van der Waals surface area contributed by atoms with Crippen molar-refractivity contribution in [3.8, 4) is 6.07 Å². The van der Waals surface area contributed by atoms with Crippen molar-refractivity contribution in [1.29, 1.82) is 5.26 Å². The van der Waals surface area contributed by atoms with Gasteiger partial charge in [-0.3, -0.25) is 0 Å². The smallest absolute Gasteiger partial charge is 0.147 e. The Labute approximate surface area is 115 Å². The number of likely N-dealkylation sites (N-methyl/N-ethyl adjacent to an activating group) is 1. The van der Waals surface area contributed by atoms with Crippen LogP contribution in [0.3, 0.4) is 0 Å². The Hall–Kier alpha value is -1.60. The molecule has 1 aromatic heterocycles. The Kier molecular flexibility index (Phi) is 3.77. The van der Waals surface area contributed by atoms with Gasteiger partial charge in [0.1, 0.15) is 11.9 Å². The van der Waals surface area contributed by atoms with Crippen LogP contribution in [0.1, 0.15) is 23.7 Å². The molecule has 0 radical (unpaired) electrons. The van der Waals surface area contributed by atoms with E-state index >= 15 is 0 Å². The van der Waals surface area contributed by atoms with E-state index in [0.29, 0.717) is 12.0 Å². The van der Waals surface area contributed by atoms with Crippen LogP contribution in [-0.2, 0) is 0 Å². The van der Waals surface area contributed by atoms with E-state index in [4.69, 9.17) is 0 Å². The molecule has 0 spiro atoms. The molecule has 2 heterocycles. The van der Waals surface area contributed by atoms with Crippen molar-refractivity contribution in [2.24, 2.45) is 5.92 Å². The molecule has 4 nitrogen and oxygen atoms in total. The zero-order valence-electron chi connectivity index (χ0n) is 12.4. The third-order valence-corrected chi connectivity index (χ3v) is 3.97. The second kappa shape index (κ2) is 5.18. The van der Waals surface area contributed by atoms with Gasteiger partial charge in [0.05, 0.1) is 5.56 Å². The van der Waals surface area contributed by atoms with Gasteiger partial charge in [-0.1, -0.05) is 6.92 Å². The minimum Gasteiger partial charge on any atom is -0.354 e. The van der Waals surface area contributed by atoms with Gasteiger partial charge in [0.15, 0.2) is 0 Å². The van der Waals surface area contributed by atoms with Gasteiger partial charge in [-0.15, -0.1) is 0 Å². The van der Waals surface area contributed by atoms with Gasteiger partial charge in [-0.05, 0) is 45.5 Å². The maximum absolute atomic E-state index is 9.36. The number of rotatable bonds is 2. The first-order valence-electron chi connectivity index (χ1n) is 6.73. The van der Waals surface area contributed by atoms with Crippen molar-refractivity contribution < 1.29 is 0 Å². The molecule has 1 aromatic rings. The molecule has 1 fully saturated rings. The summed E-state index contributed by atoms with van der Waals surface area (Å²) in [5.41, 5.74) is 2.72. The predicted molar refractivity (Wildman–Crippen MR) is 77.3 cm³/mol. The molecular weight excluding hydrogens is 236 g/mol. The molecule has 0 aromatic carbocycles. The molecule has 102 valence electrons. The number of aromatic nitrogens is 1. The van der Waals surface area contributed by atoms with Crippen LogP contribution in [0.5, 0.6) is 0 Å². The van der Waals surface area contributed by atoms with Crippen molar-refractivity contribution in [2.75, 3.05) is 32.1 Å². The number of nitrogens with zero attached hydrogens (tertiary/aromatic N) is 4. The van der Waals surface area contributed by atoms with Crippen LogP contribution in [0.25, 0.3) is 0 Å². The van der Waals surface area contributed by atoms with Crippen molar-refractivity contribution in [2.45, 2.75) is 26.8 Å². The summed E-state index contributed by atoms with van der Waals surface area (Å²) in [7, 11) is 4.23. The molecule has 4 heteroatoms. The maximum Gasteiger partial charge on any atom is 0.147 e. The van der Waals surface area contributed by atoms with Crippen LogP contribution >= 0.6 is 0 Å². The lowest BCUT2D eigenvalue weighted by Gasteiger charge is -2.23. The van der Waals surface area contributed by atoms with Gasteiger partial charge < -0.3 is 9.80 Å². The van der Waals surface area contributed by atoms with E-state index in [1.807, 2.05) is 19.9 Å². The fourth-order valence-corrected chi connectivity index (χ4v) is 2.98. The van der Waals surface area contributed by atoms with E-state index in [0.717, 1.165) is 35.7 Å². The molecule has 2 unspecified atom stereocenters. The summed E-state index contributed by atoms with van der Waals surface area (Å²) in [6.07, 6.45) is 0. The number of hydrogen-bond acceptors (Lipinski definition) is 4. The second-order valence-electron chi connectivity index (χ2n) is 5.80. The highest BCUT2D eigenvalue weighted by molar-refractivity contribution is 5.58. The molecule has 1 aliphatic heterocycles.